The van der Waals surface area contributed by atoms with Crippen LogP contribution in [0.2, 0.25) is 0 Å². The lowest BCUT2D eigenvalue weighted by molar-refractivity contribution is 0.465. The molecule has 1 aromatic rings. The lowest BCUT2D eigenvalue weighted by atomic mass is 9.77. The number of aromatic nitrogens is 2. The summed E-state index contributed by atoms with van der Waals surface area (Å²) in [6.45, 7) is 12.2. The molecule has 2 atom stereocenters. The summed E-state index contributed by atoms with van der Waals surface area (Å²) in [4.78, 5) is 11.7. The van der Waals surface area contributed by atoms with Crippen LogP contribution in [0.25, 0.3) is 5.70 Å². The molecule has 0 radical (unpaired) electrons. The monoisotopic (exact) mass is 434 g/mol. The second kappa shape index (κ2) is 10.2. The molecule has 3 rings (SSSR count). The Morgan fingerprint density at radius 3 is 2.59 bits per heavy atom. The van der Waals surface area contributed by atoms with E-state index in [0.29, 0.717) is 18.4 Å². The van der Waals surface area contributed by atoms with Crippen LogP contribution >= 0.6 is 0 Å². The molecule has 0 saturated heterocycles. The maximum atomic E-state index is 5.86. The molecule has 6 nitrogen and oxygen atoms in total. The molecule has 172 valence electrons. The van der Waals surface area contributed by atoms with Gasteiger partial charge >= 0.3 is 0 Å². The molecule has 1 aliphatic heterocycles. The first-order chi connectivity index (χ1) is 15.3. The van der Waals surface area contributed by atoms with E-state index in [-0.39, 0.29) is 11.5 Å². The second-order valence-electron chi connectivity index (χ2n) is 9.27. The molecule has 0 amide bonds. The summed E-state index contributed by atoms with van der Waals surface area (Å²) in [5.41, 5.74) is 11.2. The minimum atomic E-state index is -0.168. The fourth-order valence-electron chi connectivity index (χ4n) is 3.88. The Hall–Kier alpha value is -2.86. The summed E-state index contributed by atoms with van der Waals surface area (Å²) >= 11 is 0. The number of hydrogen-bond acceptors (Lipinski definition) is 6. The van der Waals surface area contributed by atoms with E-state index in [1.807, 2.05) is 19.3 Å². The molecule has 2 unspecified atom stereocenters. The van der Waals surface area contributed by atoms with Crippen molar-refractivity contribution in [1.82, 2.24) is 20.2 Å². The van der Waals surface area contributed by atoms with E-state index in [9.17, 15) is 0 Å². The van der Waals surface area contributed by atoms with Gasteiger partial charge in [-0.2, -0.15) is 0 Å². The molecule has 0 aromatic carbocycles. The SMILES string of the molecule is CN/C(=C(/c1ccnc(NC(C)C(C)C)n1)N1C=CC(CN)=CC1)C1(C)C=CC(C)=CC1. The lowest BCUT2D eigenvalue weighted by Crippen LogP contribution is -2.33. The molecule has 0 fully saturated rings. The van der Waals surface area contributed by atoms with Gasteiger partial charge < -0.3 is 21.3 Å². The molecule has 1 aromatic heterocycles. The van der Waals surface area contributed by atoms with Crippen LogP contribution < -0.4 is 16.4 Å². The van der Waals surface area contributed by atoms with Crippen molar-refractivity contribution in [2.24, 2.45) is 17.1 Å². The van der Waals surface area contributed by atoms with Crippen LogP contribution in [-0.2, 0) is 0 Å². The molecule has 0 saturated carbocycles. The van der Waals surface area contributed by atoms with Crippen LogP contribution in [0.4, 0.5) is 5.95 Å². The van der Waals surface area contributed by atoms with Gasteiger partial charge in [0.05, 0.1) is 11.4 Å². The number of nitrogens with zero attached hydrogens (tertiary/aromatic N) is 3. The Bertz CT molecular complexity index is 968. The average molecular weight is 435 g/mol. The molecule has 32 heavy (non-hydrogen) atoms. The average Bonchev–Trinajstić information content (AvgIpc) is 2.79. The maximum absolute atomic E-state index is 5.86. The number of nitrogens with one attached hydrogen (secondary N) is 2. The highest BCUT2D eigenvalue weighted by molar-refractivity contribution is 5.68. The van der Waals surface area contributed by atoms with E-state index < -0.39 is 0 Å². The molecule has 6 heteroatoms. The van der Waals surface area contributed by atoms with E-state index in [4.69, 9.17) is 10.7 Å². The topological polar surface area (TPSA) is 79.1 Å². The smallest absolute Gasteiger partial charge is 0.223 e. The predicted octanol–water partition coefficient (Wildman–Crippen LogP) is 4.45. The minimum Gasteiger partial charge on any atom is -0.389 e. The Morgan fingerprint density at radius 2 is 2.03 bits per heavy atom. The van der Waals surface area contributed by atoms with Gasteiger partial charge in [-0.15, -0.1) is 0 Å². The van der Waals surface area contributed by atoms with Crippen LogP contribution in [0.1, 0.15) is 46.7 Å². The van der Waals surface area contributed by atoms with E-state index in [1.54, 1.807) is 0 Å². The van der Waals surface area contributed by atoms with E-state index in [0.717, 1.165) is 35.6 Å². The van der Waals surface area contributed by atoms with Crippen molar-refractivity contribution >= 4 is 11.6 Å². The van der Waals surface area contributed by atoms with Gasteiger partial charge in [0.15, 0.2) is 0 Å². The Morgan fingerprint density at radius 1 is 1.25 bits per heavy atom. The van der Waals surface area contributed by atoms with Crippen molar-refractivity contribution < 1.29 is 0 Å². The number of allylic oxidation sites excluding steroid dienone is 4. The summed E-state index contributed by atoms with van der Waals surface area (Å²) in [6, 6.07) is 2.27. The standard InChI is InChI=1S/C26H38N6/c1-18(2)20(4)30-25-29-14-9-22(31-25)23(32-15-10-21(17-27)11-16-32)24(28-6)26(5)12-7-19(3)8-13-26/h7-12,14-15,18,20,28H,13,16-17,27H2,1-6H3,(H,29,30,31)/b24-23-. The van der Waals surface area contributed by atoms with Gasteiger partial charge in [-0.05, 0) is 43.9 Å². The third-order valence-corrected chi connectivity index (χ3v) is 6.42. The number of nitrogens with two attached hydrogens (primary N) is 1. The first-order valence-corrected chi connectivity index (χ1v) is 11.5. The van der Waals surface area contributed by atoms with Crippen molar-refractivity contribution in [1.29, 1.82) is 0 Å². The zero-order valence-electron chi connectivity index (χ0n) is 20.3. The van der Waals surface area contributed by atoms with Gasteiger partial charge in [-0.25, -0.2) is 9.97 Å². The minimum absolute atomic E-state index is 0.168. The highest BCUT2D eigenvalue weighted by Gasteiger charge is 2.32. The first kappa shape index (κ1) is 23.8. The molecule has 4 N–H and O–H groups in total. The largest absolute Gasteiger partial charge is 0.389 e. The van der Waals surface area contributed by atoms with Crippen molar-refractivity contribution in [2.75, 3.05) is 25.5 Å². The third kappa shape index (κ3) is 5.30. The summed E-state index contributed by atoms with van der Waals surface area (Å²) in [7, 11) is 2.00. The van der Waals surface area contributed by atoms with E-state index in [1.165, 1.54) is 5.57 Å². The molecule has 0 spiro atoms. The summed E-state index contributed by atoms with van der Waals surface area (Å²) in [6.07, 6.45) is 15.9. The maximum Gasteiger partial charge on any atom is 0.223 e. The van der Waals surface area contributed by atoms with E-state index >= 15 is 0 Å². The van der Waals surface area contributed by atoms with Gasteiger partial charge in [-0.3, -0.25) is 0 Å². The van der Waals surface area contributed by atoms with Crippen molar-refractivity contribution in [3.05, 3.63) is 71.4 Å². The van der Waals surface area contributed by atoms with Gasteiger partial charge in [0.1, 0.15) is 0 Å². The van der Waals surface area contributed by atoms with Crippen LogP contribution in [0, 0.1) is 11.3 Å². The van der Waals surface area contributed by atoms with Crippen LogP contribution in [-0.4, -0.2) is 41.0 Å². The lowest BCUT2D eigenvalue weighted by Gasteiger charge is -2.36. The van der Waals surface area contributed by atoms with Gasteiger partial charge in [0.25, 0.3) is 0 Å². The molecule has 1 aliphatic carbocycles. The molecule has 2 aliphatic rings. The zero-order valence-corrected chi connectivity index (χ0v) is 20.3. The number of hydrogen-bond donors (Lipinski definition) is 3. The summed E-state index contributed by atoms with van der Waals surface area (Å²) in [5, 5.41) is 6.98. The molecule has 2 heterocycles. The fourth-order valence-corrected chi connectivity index (χ4v) is 3.88. The highest BCUT2D eigenvalue weighted by Crippen LogP contribution is 2.40. The van der Waals surface area contributed by atoms with E-state index in [2.05, 4.69) is 91.7 Å². The highest BCUT2D eigenvalue weighted by atomic mass is 15.2. The summed E-state index contributed by atoms with van der Waals surface area (Å²) in [5.74, 6) is 1.13. The molecule has 0 bridgehead atoms. The van der Waals surface area contributed by atoms with Crippen LogP contribution in [0.15, 0.2) is 65.7 Å². The van der Waals surface area contributed by atoms with Gasteiger partial charge in [0, 0.05) is 49.7 Å². The number of anilines is 1. The first-order valence-electron chi connectivity index (χ1n) is 11.5. The zero-order chi connectivity index (χ0) is 23.3. The van der Waals surface area contributed by atoms with Crippen molar-refractivity contribution in [2.45, 2.75) is 47.1 Å². The van der Waals surface area contributed by atoms with Crippen LogP contribution in [0.5, 0.6) is 0 Å². The quantitative estimate of drug-likeness (QED) is 0.561. The third-order valence-electron chi connectivity index (χ3n) is 6.42. The van der Waals surface area contributed by atoms with Crippen LogP contribution in [0.3, 0.4) is 0 Å². The Labute approximate surface area is 193 Å². The fraction of sp³-hybridized carbons (Fsp3) is 0.462. The number of rotatable bonds is 8. The van der Waals surface area contributed by atoms with Crippen molar-refractivity contribution in [3.63, 3.8) is 0 Å². The molecular formula is C26H38N6. The molecular weight excluding hydrogens is 396 g/mol. The van der Waals surface area contributed by atoms with Crippen molar-refractivity contribution in [3.8, 4) is 0 Å². The summed E-state index contributed by atoms with van der Waals surface area (Å²) < 4.78 is 0. The van der Waals surface area contributed by atoms with Gasteiger partial charge in [-0.1, -0.05) is 50.6 Å². The van der Waals surface area contributed by atoms with Gasteiger partial charge in [0.2, 0.25) is 5.95 Å². The Kier molecular flexibility index (Phi) is 7.56. The Balaban J connectivity index is 2.10. The normalized spacial score (nSPS) is 22.3. The second-order valence-corrected chi connectivity index (χ2v) is 9.27. The predicted molar refractivity (Wildman–Crippen MR) is 135 cm³/mol.